The van der Waals surface area contributed by atoms with Gasteiger partial charge in [0.2, 0.25) is 0 Å². The third kappa shape index (κ3) is 8.79. The molecule has 0 amide bonds. The van der Waals surface area contributed by atoms with Crippen LogP contribution in [0.15, 0.2) is 0 Å². The van der Waals surface area contributed by atoms with Gasteiger partial charge < -0.3 is 4.74 Å². The lowest BCUT2D eigenvalue weighted by Gasteiger charge is -2.09. The topological polar surface area (TPSA) is 26.3 Å². The van der Waals surface area contributed by atoms with Crippen molar-refractivity contribution in [1.82, 2.24) is 0 Å². The number of hydrogen-bond donors (Lipinski definition) is 0. The molecule has 0 aromatic heterocycles. The Morgan fingerprint density at radius 2 is 2.00 bits per heavy atom. The predicted molar refractivity (Wildman–Crippen MR) is 67.3 cm³/mol. The van der Waals surface area contributed by atoms with Gasteiger partial charge in [-0.2, -0.15) is 11.8 Å². The van der Waals surface area contributed by atoms with Gasteiger partial charge >= 0.3 is 5.97 Å². The van der Waals surface area contributed by atoms with E-state index in [-0.39, 0.29) is 11.9 Å². The third-order valence-corrected chi connectivity index (χ3v) is 3.51. The van der Waals surface area contributed by atoms with Crippen LogP contribution in [0.25, 0.3) is 0 Å². The Labute approximate surface area is 98.2 Å². The Hall–Kier alpha value is -0.180. The average molecular weight is 232 g/mol. The van der Waals surface area contributed by atoms with Gasteiger partial charge in [0.15, 0.2) is 0 Å². The fourth-order valence-corrected chi connectivity index (χ4v) is 2.31. The number of esters is 1. The molecule has 3 heteroatoms. The molecule has 0 bridgehead atoms. The summed E-state index contributed by atoms with van der Waals surface area (Å²) in [7, 11) is 0. The van der Waals surface area contributed by atoms with E-state index < -0.39 is 0 Å². The van der Waals surface area contributed by atoms with Crippen molar-refractivity contribution < 1.29 is 9.53 Å². The van der Waals surface area contributed by atoms with Crippen molar-refractivity contribution in [2.45, 2.75) is 46.5 Å². The number of ether oxygens (including phenoxy) is 1. The standard InChI is InChI=1S/C12H24O2S/c1-4-6-7-8-9-15-10-11(3)12(13)14-5-2/h11H,4-10H2,1-3H3. The molecule has 0 saturated carbocycles. The molecule has 0 N–H and O–H groups in total. The van der Waals surface area contributed by atoms with E-state index in [0.717, 1.165) is 5.75 Å². The fourth-order valence-electron chi connectivity index (χ4n) is 1.24. The van der Waals surface area contributed by atoms with Gasteiger partial charge in [0.25, 0.3) is 0 Å². The van der Waals surface area contributed by atoms with Gasteiger partial charge in [-0.1, -0.05) is 33.1 Å². The van der Waals surface area contributed by atoms with Crippen molar-refractivity contribution in [3.63, 3.8) is 0 Å². The lowest BCUT2D eigenvalue weighted by atomic mass is 10.2. The highest BCUT2D eigenvalue weighted by Crippen LogP contribution is 2.13. The maximum Gasteiger partial charge on any atom is 0.309 e. The maximum atomic E-state index is 11.3. The first-order valence-corrected chi connectivity index (χ1v) is 7.12. The number of thioether (sulfide) groups is 1. The van der Waals surface area contributed by atoms with Crippen LogP contribution < -0.4 is 0 Å². The smallest absolute Gasteiger partial charge is 0.309 e. The predicted octanol–water partition coefficient (Wildman–Crippen LogP) is 3.50. The second-order valence-corrected chi connectivity index (χ2v) is 4.94. The summed E-state index contributed by atoms with van der Waals surface area (Å²) in [5, 5.41) is 0. The molecule has 0 aromatic rings. The third-order valence-electron chi connectivity index (χ3n) is 2.20. The summed E-state index contributed by atoms with van der Waals surface area (Å²) in [5.41, 5.74) is 0. The first-order valence-electron chi connectivity index (χ1n) is 5.96. The van der Waals surface area contributed by atoms with Crippen LogP contribution in [0.1, 0.15) is 46.5 Å². The molecule has 0 aliphatic rings. The van der Waals surface area contributed by atoms with Gasteiger partial charge in [-0.25, -0.2) is 0 Å². The van der Waals surface area contributed by atoms with Gasteiger partial charge in [-0.3, -0.25) is 4.79 Å². The van der Waals surface area contributed by atoms with Crippen molar-refractivity contribution in [2.75, 3.05) is 18.1 Å². The van der Waals surface area contributed by atoms with Gasteiger partial charge in [-0.05, 0) is 19.1 Å². The van der Waals surface area contributed by atoms with Crippen LogP contribution in [-0.4, -0.2) is 24.1 Å². The van der Waals surface area contributed by atoms with Gasteiger partial charge in [0.1, 0.15) is 0 Å². The van der Waals surface area contributed by atoms with E-state index in [1.807, 2.05) is 25.6 Å². The second kappa shape index (κ2) is 10.3. The zero-order valence-corrected chi connectivity index (χ0v) is 11.1. The van der Waals surface area contributed by atoms with Crippen LogP contribution in [0.2, 0.25) is 0 Å². The molecule has 1 unspecified atom stereocenters. The van der Waals surface area contributed by atoms with Crippen molar-refractivity contribution in [3.05, 3.63) is 0 Å². The Morgan fingerprint density at radius 3 is 2.60 bits per heavy atom. The van der Waals surface area contributed by atoms with Crippen LogP contribution in [0.5, 0.6) is 0 Å². The summed E-state index contributed by atoms with van der Waals surface area (Å²) in [6.45, 7) is 6.50. The molecule has 90 valence electrons. The first-order chi connectivity index (χ1) is 7.22. The molecule has 0 radical (unpaired) electrons. The summed E-state index contributed by atoms with van der Waals surface area (Å²) < 4.78 is 4.95. The molecule has 2 nitrogen and oxygen atoms in total. The molecule has 0 heterocycles. The molecule has 0 aliphatic heterocycles. The Balaban J connectivity index is 3.30. The van der Waals surface area contributed by atoms with Crippen LogP contribution in [0.3, 0.4) is 0 Å². The number of hydrogen-bond acceptors (Lipinski definition) is 3. The number of carbonyl (C=O) groups is 1. The SMILES string of the molecule is CCCCCCSCC(C)C(=O)OCC. The van der Waals surface area contributed by atoms with Gasteiger partial charge in [0, 0.05) is 5.75 Å². The van der Waals surface area contributed by atoms with Gasteiger partial charge in [0.05, 0.1) is 12.5 Å². The number of carbonyl (C=O) groups excluding carboxylic acids is 1. The van der Waals surface area contributed by atoms with E-state index in [1.165, 1.54) is 31.4 Å². The van der Waals surface area contributed by atoms with Crippen LogP contribution in [-0.2, 0) is 9.53 Å². The second-order valence-electron chi connectivity index (χ2n) is 3.79. The largest absolute Gasteiger partial charge is 0.466 e. The normalized spacial score (nSPS) is 12.5. The highest BCUT2D eigenvalue weighted by Gasteiger charge is 2.12. The Morgan fingerprint density at radius 1 is 1.27 bits per heavy atom. The van der Waals surface area contributed by atoms with Crippen LogP contribution in [0, 0.1) is 5.92 Å². The molecular weight excluding hydrogens is 208 g/mol. The molecule has 0 saturated heterocycles. The van der Waals surface area contributed by atoms with E-state index in [4.69, 9.17) is 4.74 Å². The summed E-state index contributed by atoms with van der Waals surface area (Å²) in [5.74, 6) is 2.05. The van der Waals surface area contributed by atoms with Gasteiger partial charge in [-0.15, -0.1) is 0 Å². The van der Waals surface area contributed by atoms with Crippen molar-refractivity contribution in [1.29, 1.82) is 0 Å². The highest BCUT2D eigenvalue weighted by molar-refractivity contribution is 7.99. The average Bonchev–Trinajstić information content (AvgIpc) is 2.23. The summed E-state index contributed by atoms with van der Waals surface area (Å²) in [6.07, 6.45) is 5.20. The maximum absolute atomic E-state index is 11.3. The molecule has 0 spiro atoms. The fraction of sp³-hybridized carbons (Fsp3) is 0.917. The zero-order valence-electron chi connectivity index (χ0n) is 10.3. The van der Waals surface area contributed by atoms with Crippen LogP contribution >= 0.6 is 11.8 Å². The molecule has 0 aromatic carbocycles. The van der Waals surface area contributed by atoms with Crippen LogP contribution in [0.4, 0.5) is 0 Å². The number of rotatable bonds is 9. The Kier molecular flexibility index (Phi) is 10.2. The van der Waals surface area contributed by atoms with Crippen molar-refractivity contribution >= 4 is 17.7 Å². The lowest BCUT2D eigenvalue weighted by molar-refractivity contribution is -0.146. The molecule has 0 rings (SSSR count). The zero-order chi connectivity index (χ0) is 11.5. The molecule has 0 aliphatic carbocycles. The number of unbranched alkanes of at least 4 members (excludes halogenated alkanes) is 3. The molecule has 15 heavy (non-hydrogen) atoms. The minimum absolute atomic E-state index is 0.0427. The summed E-state index contributed by atoms with van der Waals surface area (Å²) in [6, 6.07) is 0. The van der Waals surface area contributed by atoms with Crippen molar-refractivity contribution in [3.8, 4) is 0 Å². The summed E-state index contributed by atoms with van der Waals surface area (Å²) in [4.78, 5) is 11.3. The van der Waals surface area contributed by atoms with E-state index in [9.17, 15) is 4.79 Å². The molecule has 0 fully saturated rings. The van der Waals surface area contributed by atoms with E-state index >= 15 is 0 Å². The minimum atomic E-state index is -0.0569. The van der Waals surface area contributed by atoms with E-state index in [2.05, 4.69) is 6.92 Å². The van der Waals surface area contributed by atoms with Crippen molar-refractivity contribution in [2.24, 2.45) is 5.92 Å². The highest BCUT2D eigenvalue weighted by atomic mass is 32.2. The molecule has 1 atom stereocenters. The van der Waals surface area contributed by atoms with E-state index in [1.54, 1.807) is 0 Å². The summed E-state index contributed by atoms with van der Waals surface area (Å²) >= 11 is 1.87. The lowest BCUT2D eigenvalue weighted by Crippen LogP contribution is -2.16. The van der Waals surface area contributed by atoms with E-state index in [0.29, 0.717) is 6.61 Å². The first kappa shape index (κ1) is 14.8. The minimum Gasteiger partial charge on any atom is -0.466 e. The Bertz CT molecular complexity index is 160. The molecular formula is C12H24O2S. The monoisotopic (exact) mass is 232 g/mol. The quantitative estimate of drug-likeness (QED) is 0.449.